The number of urea groups is 1. The first-order chi connectivity index (χ1) is 17.7. The zero-order chi connectivity index (χ0) is 26.6. The third-order valence-electron chi connectivity index (χ3n) is 7.91. The van der Waals surface area contributed by atoms with Gasteiger partial charge in [-0.2, -0.15) is 0 Å². The maximum absolute atomic E-state index is 15.5. The van der Waals surface area contributed by atoms with Crippen molar-refractivity contribution in [1.29, 1.82) is 0 Å². The van der Waals surface area contributed by atoms with E-state index in [0.717, 1.165) is 30.4 Å². The summed E-state index contributed by atoms with van der Waals surface area (Å²) < 4.78 is 20.7. The van der Waals surface area contributed by atoms with E-state index >= 15 is 4.39 Å². The Labute approximate surface area is 219 Å². The second-order valence-electron chi connectivity index (χ2n) is 10.6. The number of aliphatic hydroxyl groups excluding tert-OH is 1. The fourth-order valence-electron chi connectivity index (χ4n) is 5.89. The van der Waals surface area contributed by atoms with Gasteiger partial charge in [0.1, 0.15) is 5.82 Å². The molecule has 2 aliphatic heterocycles. The van der Waals surface area contributed by atoms with Crippen LogP contribution in [0.1, 0.15) is 43.2 Å². The first kappa shape index (κ1) is 27.5. The van der Waals surface area contributed by atoms with Crippen LogP contribution in [-0.4, -0.2) is 78.1 Å². The zero-order valence-corrected chi connectivity index (χ0v) is 21.9. The average Bonchev–Trinajstić information content (AvgIpc) is 3.23. The number of aryl methyl sites for hydroxylation is 1. The van der Waals surface area contributed by atoms with Crippen molar-refractivity contribution in [2.24, 2.45) is 11.7 Å². The number of methoxy groups -OCH3 is 1. The van der Waals surface area contributed by atoms with Gasteiger partial charge in [-0.05, 0) is 56.2 Å². The van der Waals surface area contributed by atoms with Crippen LogP contribution in [0, 0.1) is 18.7 Å². The first-order valence-corrected chi connectivity index (χ1v) is 13.3. The number of benzene rings is 2. The number of carbonyl (C=O) groups is 1. The summed E-state index contributed by atoms with van der Waals surface area (Å²) in [6.45, 7) is 3.99. The number of hydrogen-bond acceptors (Lipinski definition) is 5. The Balaban J connectivity index is 1.68. The molecule has 2 fully saturated rings. The van der Waals surface area contributed by atoms with Crippen molar-refractivity contribution in [2.45, 2.75) is 56.8 Å². The lowest BCUT2D eigenvalue weighted by Gasteiger charge is -2.44. The number of halogens is 1. The van der Waals surface area contributed by atoms with Gasteiger partial charge >= 0.3 is 6.03 Å². The van der Waals surface area contributed by atoms with Gasteiger partial charge in [0.05, 0.1) is 11.7 Å². The van der Waals surface area contributed by atoms with Gasteiger partial charge in [-0.3, -0.25) is 0 Å². The lowest BCUT2D eigenvalue weighted by molar-refractivity contribution is -0.0573. The van der Waals surface area contributed by atoms with Crippen LogP contribution >= 0.6 is 0 Å². The highest BCUT2D eigenvalue weighted by molar-refractivity contribution is 5.75. The molecule has 0 aromatic heterocycles. The van der Waals surface area contributed by atoms with Crippen LogP contribution in [0.3, 0.4) is 0 Å². The molecule has 2 aromatic carbocycles. The van der Waals surface area contributed by atoms with E-state index in [2.05, 4.69) is 0 Å². The highest BCUT2D eigenvalue weighted by Gasteiger charge is 2.44. The smallest absolute Gasteiger partial charge is 0.320 e. The molecule has 0 radical (unpaired) electrons. The number of nitrogens with zero attached hydrogens (tertiary/aromatic N) is 2. The van der Waals surface area contributed by atoms with Crippen molar-refractivity contribution in [3.8, 4) is 11.1 Å². The molecule has 4 N–H and O–H groups in total. The largest absolute Gasteiger partial charge is 0.390 e. The number of piperidine rings is 1. The minimum atomic E-state index is -1.34. The van der Waals surface area contributed by atoms with E-state index in [1.807, 2.05) is 37.3 Å². The Morgan fingerprint density at radius 2 is 1.95 bits per heavy atom. The molecule has 2 amide bonds. The summed E-state index contributed by atoms with van der Waals surface area (Å²) in [5.74, 6) is -0.651. The summed E-state index contributed by atoms with van der Waals surface area (Å²) in [5.41, 5.74) is 7.31. The molecule has 2 aromatic rings. The first-order valence-electron chi connectivity index (χ1n) is 13.3. The molecule has 2 heterocycles. The van der Waals surface area contributed by atoms with Gasteiger partial charge in [0.15, 0.2) is 0 Å². The molecule has 2 aliphatic rings. The van der Waals surface area contributed by atoms with Crippen molar-refractivity contribution in [3.05, 3.63) is 59.4 Å². The molecule has 0 saturated carbocycles. The fourth-order valence-corrected chi connectivity index (χ4v) is 5.89. The third-order valence-corrected chi connectivity index (χ3v) is 7.91. The van der Waals surface area contributed by atoms with E-state index in [1.165, 1.54) is 6.07 Å². The Morgan fingerprint density at radius 3 is 2.65 bits per heavy atom. The normalized spacial score (nSPS) is 23.8. The SMILES string of the molecule is COCCCC[C@@](O)(c1cccc(F)c1-c1cccc(C)c1)[C@@H]1CCCN(C(=O)N2C[C@@H](N)[C@H](O)C2)C1. The summed E-state index contributed by atoms with van der Waals surface area (Å²) in [4.78, 5) is 16.7. The van der Waals surface area contributed by atoms with Crippen molar-refractivity contribution in [3.63, 3.8) is 0 Å². The van der Waals surface area contributed by atoms with Gasteiger partial charge < -0.3 is 30.5 Å². The molecule has 0 aliphatic carbocycles. The topological polar surface area (TPSA) is 99.3 Å². The quantitative estimate of drug-likeness (QED) is 0.468. The standard InChI is InChI=1S/C29H40FN3O4/c1-20-8-5-9-21(16-20)27-23(11-6-12-24(27)30)29(36,13-3-4-15-37-2)22-10-7-14-32(17-22)28(35)33-18-25(31)26(34)19-33/h5-6,8-9,11-12,16,22,25-26,34,36H,3-4,7,10,13-15,17-19,31H2,1-2H3/t22-,25-,26-,29+/m1/s1. The minimum Gasteiger partial charge on any atom is -0.390 e. The van der Waals surface area contributed by atoms with Gasteiger partial charge in [0, 0.05) is 57.4 Å². The Morgan fingerprint density at radius 1 is 1.16 bits per heavy atom. The number of β-amino-alcohol motifs (C(OH)–C–C–N with tert-alkyl or cyclic N) is 1. The van der Waals surface area contributed by atoms with Crippen LogP contribution in [0.25, 0.3) is 11.1 Å². The predicted octanol–water partition coefficient (Wildman–Crippen LogP) is 3.64. The lowest BCUT2D eigenvalue weighted by Crippen LogP contribution is -2.52. The maximum Gasteiger partial charge on any atom is 0.320 e. The number of hydrogen-bond donors (Lipinski definition) is 3. The van der Waals surface area contributed by atoms with Crippen LogP contribution in [0.4, 0.5) is 9.18 Å². The van der Waals surface area contributed by atoms with E-state index in [-0.39, 0.29) is 24.3 Å². The molecule has 2 saturated heterocycles. The Kier molecular flexibility index (Phi) is 8.85. The Hall–Kier alpha value is -2.52. The van der Waals surface area contributed by atoms with E-state index in [9.17, 15) is 15.0 Å². The number of ether oxygens (including phenoxy) is 1. The number of carbonyl (C=O) groups excluding carboxylic acids is 1. The van der Waals surface area contributed by atoms with Crippen LogP contribution in [0.5, 0.6) is 0 Å². The summed E-state index contributed by atoms with van der Waals surface area (Å²) in [5, 5.41) is 22.5. The second-order valence-corrected chi connectivity index (χ2v) is 10.6. The second kappa shape index (κ2) is 11.9. The molecule has 7 nitrogen and oxygen atoms in total. The summed E-state index contributed by atoms with van der Waals surface area (Å²) in [6.07, 6.45) is 2.62. The number of unbranched alkanes of at least 4 members (excludes halogenated alkanes) is 1. The van der Waals surface area contributed by atoms with Crippen LogP contribution in [0.2, 0.25) is 0 Å². The van der Waals surface area contributed by atoms with Crippen LogP contribution in [-0.2, 0) is 10.3 Å². The number of rotatable bonds is 8. The number of likely N-dealkylation sites (tertiary alicyclic amines) is 2. The Bertz CT molecular complexity index is 1070. The monoisotopic (exact) mass is 513 g/mol. The number of aliphatic hydroxyl groups is 2. The molecule has 8 heteroatoms. The van der Waals surface area contributed by atoms with Gasteiger partial charge in [0.25, 0.3) is 0 Å². The van der Waals surface area contributed by atoms with E-state index in [0.29, 0.717) is 50.2 Å². The van der Waals surface area contributed by atoms with Gasteiger partial charge in [-0.25, -0.2) is 9.18 Å². The maximum atomic E-state index is 15.5. The van der Waals surface area contributed by atoms with E-state index in [4.69, 9.17) is 10.5 Å². The molecule has 202 valence electrons. The minimum absolute atomic E-state index is 0.170. The summed E-state index contributed by atoms with van der Waals surface area (Å²) in [7, 11) is 1.65. The summed E-state index contributed by atoms with van der Waals surface area (Å²) in [6, 6.07) is 12.0. The molecule has 0 spiro atoms. The van der Waals surface area contributed by atoms with Crippen LogP contribution in [0.15, 0.2) is 42.5 Å². The lowest BCUT2D eigenvalue weighted by atomic mass is 9.72. The molecule has 4 atom stereocenters. The van der Waals surface area contributed by atoms with Crippen molar-refractivity contribution in [2.75, 3.05) is 39.9 Å². The van der Waals surface area contributed by atoms with E-state index < -0.39 is 17.7 Å². The summed E-state index contributed by atoms with van der Waals surface area (Å²) >= 11 is 0. The van der Waals surface area contributed by atoms with Gasteiger partial charge in [-0.1, -0.05) is 42.0 Å². The van der Waals surface area contributed by atoms with Gasteiger partial charge in [-0.15, -0.1) is 0 Å². The average molecular weight is 514 g/mol. The third kappa shape index (κ3) is 5.98. The van der Waals surface area contributed by atoms with Crippen molar-refractivity contribution < 1.29 is 24.1 Å². The fraction of sp³-hybridized carbons (Fsp3) is 0.552. The highest BCUT2D eigenvalue weighted by atomic mass is 19.1. The highest BCUT2D eigenvalue weighted by Crippen LogP contribution is 2.44. The van der Waals surface area contributed by atoms with Gasteiger partial charge in [0.2, 0.25) is 0 Å². The molecule has 0 bridgehead atoms. The predicted molar refractivity (Wildman–Crippen MR) is 141 cm³/mol. The zero-order valence-electron chi connectivity index (χ0n) is 21.9. The van der Waals surface area contributed by atoms with Crippen LogP contribution < -0.4 is 5.73 Å². The molecular formula is C29H40FN3O4. The molecule has 37 heavy (non-hydrogen) atoms. The molecule has 4 rings (SSSR count). The van der Waals surface area contributed by atoms with E-state index in [1.54, 1.807) is 23.0 Å². The number of amides is 2. The molecular weight excluding hydrogens is 473 g/mol. The van der Waals surface area contributed by atoms with Crippen molar-refractivity contribution in [1.82, 2.24) is 9.80 Å². The number of nitrogens with two attached hydrogens (primary N) is 1. The molecule has 0 unspecified atom stereocenters. The van der Waals surface area contributed by atoms with Crippen molar-refractivity contribution >= 4 is 6.03 Å².